The number of hydrogen-bond donors (Lipinski definition) is 1. The lowest BCUT2D eigenvalue weighted by Crippen LogP contribution is -2.29. The van der Waals surface area contributed by atoms with Gasteiger partial charge in [-0.1, -0.05) is 6.07 Å². The molecule has 5 heteroatoms. The quantitative estimate of drug-likeness (QED) is 0.732. The van der Waals surface area contributed by atoms with Crippen LogP contribution in [-0.4, -0.2) is 12.5 Å². The molecule has 0 amide bonds. The molecule has 0 aromatic heterocycles. The molecule has 100 valence electrons. The van der Waals surface area contributed by atoms with Crippen LogP contribution in [-0.2, 0) is 0 Å². The number of para-hydroxylation sites is 1. The van der Waals surface area contributed by atoms with Gasteiger partial charge in [0.05, 0.1) is 5.69 Å². The van der Waals surface area contributed by atoms with E-state index in [1.807, 2.05) is 18.2 Å². The van der Waals surface area contributed by atoms with Crippen LogP contribution in [0.25, 0.3) is 0 Å². The molecule has 0 heterocycles. The van der Waals surface area contributed by atoms with Crippen LogP contribution in [0.4, 0.5) is 14.5 Å². The first-order chi connectivity index (χ1) is 8.48. The molecule has 1 nitrogen and oxygen atoms in total. The maximum Gasteiger partial charge on any atom is 0.248 e. The predicted octanol–water partition coefficient (Wildman–Crippen LogP) is 5.45. The maximum atomic E-state index is 13.3. The molecule has 1 saturated carbocycles. The minimum absolute atomic E-state index is 0.00206. The lowest BCUT2D eigenvalue weighted by atomic mass is 9.86. The Hall–Kier alpha value is -0.160. The zero-order valence-corrected chi connectivity index (χ0v) is 13.0. The average Bonchev–Trinajstić information content (AvgIpc) is 2.27. The Morgan fingerprint density at radius 3 is 2.56 bits per heavy atom. The summed E-state index contributed by atoms with van der Waals surface area (Å²) in [6, 6.07) is 5.79. The van der Waals surface area contributed by atoms with E-state index in [1.54, 1.807) is 0 Å². The Labute approximate surface area is 123 Å². The Morgan fingerprint density at radius 2 is 1.94 bits per heavy atom. The molecule has 0 aliphatic heterocycles. The molecule has 0 spiro atoms. The normalized spacial score (nSPS) is 22.8. The number of nitrogens with one attached hydrogen (secondary N) is 1. The third-order valence-corrected chi connectivity index (χ3v) is 4.59. The Bertz CT molecular complexity index is 403. The topological polar surface area (TPSA) is 12.0 Å². The molecule has 1 aromatic rings. The van der Waals surface area contributed by atoms with Gasteiger partial charge in [0, 0.05) is 28.3 Å². The van der Waals surface area contributed by atoms with E-state index in [9.17, 15) is 8.78 Å². The highest BCUT2D eigenvalue weighted by molar-refractivity contribution is 9.11. The molecule has 0 radical (unpaired) electrons. The van der Waals surface area contributed by atoms with Gasteiger partial charge < -0.3 is 5.32 Å². The van der Waals surface area contributed by atoms with Gasteiger partial charge >= 0.3 is 0 Å². The summed E-state index contributed by atoms with van der Waals surface area (Å²) in [5, 5.41) is 3.26. The first-order valence-electron chi connectivity index (χ1n) is 6.04. The van der Waals surface area contributed by atoms with E-state index in [2.05, 4.69) is 37.2 Å². The second-order valence-corrected chi connectivity index (χ2v) is 6.50. The summed E-state index contributed by atoms with van der Waals surface area (Å²) in [5.74, 6) is -2.43. The predicted molar refractivity (Wildman–Crippen MR) is 77.2 cm³/mol. The molecule has 0 saturated heterocycles. The number of rotatable bonds is 3. The van der Waals surface area contributed by atoms with Crippen LogP contribution >= 0.6 is 31.9 Å². The van der Waals surface area contributed by atoms with E-state index in [4.69, 9.17) is 0 Å². The standard InChI is InChI=1S/C13H15Br2F2N/c14-10-4-1-5-11(15)12(10)18-8-9-3-2-6-13(16,17)7-9/h1,4-5,9,18H,2-3,6-8H2. The molecule has 0 bridgehead atoms. The van der Waals surface area contributed by atoms with E-state index in [0.29, 0.717) is 13.0 Å². The van der Waals surface area contributed by atoms with Crippen molar-refractivity contribution in [3.05, 3.63) is 27.1 Å². The van der Waals surface area contributed by atoms with Gasteiger partial charge in [-0.25, -0.2) is 8.78 Å². The van der Waals surface area contributed by atoms with Crippen molar-refractivity contribution in [1.82, 2.24) is 0 Å². The first kappa shape index (κ1) is 14.3. The van der Waals surface area contributed by atoms with Gasteiger partial charge in [0.15, 0.2) is 0 Å². The van der Waals surface area contributed by atoms with Crippen LogP contribution in [0.15, 0.2) is 27.1 Å². The van der Waals surface area contributed by atoms with Crippen molar-refractivity contribution in [2.75, 3.05) is 11.9 Å². The molecule has 1 fully saturated rings. The van der Waals surface area contributed by atoms with Crippen LogP contribution in [0.5, 0.6) is 0 Å². The Kier molecular flexibility index (Phi) is 4.64. The molecule has 18 heavy (non-hydrogen) atoms. The van der Waals surface area contributed by atoms with Crippen molar-refractivity contribution in [3.63, 3.8) is 0 Å². The van der Waals surface area contributed by atoms with Crippen molar-refractivity contribution < 1.29 is 8.78 Å². The molecule has 1 aromatic carbocycles. The fourth-order valence-electron chi connectivity index (χ4n) is 2.36. The average molecular weight is 383 g/mol. The SMILES string of the molecule is FC1(F)CCCC(CNc2c(Br)cccc2Br)C1. The smallest absolute Gasteiger partial charge is 0.248 e. The van der Waals surface area contributed by atoms with Gasteiger partial charge in [0.25, 0.3) is 0 Å². The third kappa shape index (κ3) is 3.67. The number of benzene rings is 1. The van der Waals surface area contributed by atoms with Gasteiger partial charge in [0.1, 0.15) is 0 Å². The molecule has 2 rings (SSSR count). The second-order valence-electron chi connectivity index (χ2n) is 4.80. The third-order valence-electron chi connectivity index (χ3n) is 3.27. The Morgan fingerprint density at radius 1 is 1.28 bits per heavy atom. The van der Waals surface area contributed by atoms with Crippen LogP contribution < -0.4 is 5.32 Å². The van der Waals surface area contributed by atoms with Gasteiger partial charge in [-0.3, -0.25) is 0 Å². The molecule has 1 aliphatic carbocycles. The molecular weight excluding hydrogens is 368 g/mol. The van der Waals surface area contributed by atoms with Gasteiger partial charge in [0.2, 0.25) is 5.92 Å². The van der Waals surface area contributed by atoms with Crippen LogP contribution in [0, 0.1) is 5.92 Å². The lowest BCUT2D eigenvalue weighted by molar-refractivity contribution is -0.0502. The summed E-state index contributed by atoms with van der Waals surface area (Å²) in [6.45, 7) is 0.594. The van der Waals surface area contributed by atoms with Gasteiger partial charge in [-0.05, 0) is 62.8 Å². The molecule has 1 unspecified atom stereocenters. The van der Waals surface area contributed by atoms with Crippen LogP contribution in [0.3, 0.4) is 0 Å². The first-order valence-corrected chi connectivity index (χ1v) is 7.62. The molecule has 1 N–H and O–H groups in total. The summed E-state index contributed by atoms with van der Waals surface area (Å²) in [4.78, 5) is 0. The second kappa shape index (κ2) is 5.87. The number of anilines is 1. The fourth-order valence-corrected chi connectivity index (χ4v) is 3.64. The molecule has 1 atom stereocenters. The summed E-state index contributed by atoms with van der Waals surface area (Å²) >= 11 is 6.91. The van der Waals surface area contributed by atoms with Crippen molar-refractivity contribution in [3.8, 4) is 0 Å². The highest BCUT2D eigenvalue weighted by Crippen LogP contribution is 2.37. The fraction of sp³-hybridized carbons (Fsp3) is 0.538. The Balaban J connectivity index is 1.95. The summed E-state index contributed by atoms with van der Waals surface area (Å²) in [5.41, 5.74) is 0.936. The monoisotopic (exact) mass is 381 g/mol. The summed E-state index contributed by atoms with van der Waals surface area (Å²) < 4.78 is 28.5. The van der Waals surface area contributed by atoms with Crippen LogP contribution in [0.1, 0.15) is 25.7 Å². The number of hydrogen-bond acceptors (Lipinski definition) is 1. The van der Waals surface area contributed by atoms with E-state index in [0.717, 1.165) is 21.1 Å². The molecule has 1 aliphatic rings. The summed E-state index contributed by atoms with van der Waals surface area (Å²) in [7, 11) is 0. The largest absolute Gasteiger partial charge is 0.383 e. The van der Waals surface area contributed by atoms with Gasteiger partial charge in [-0.15, -0.1) is 0 Å². The van der Waals surface area contributed by atoms with Crippen molar-refractivity contribution in [1.29, 1.82) is 0 Å². The zero-order chi connectivity index (χ0) is 13.2. The van der Waals surface area contributed by atoms with Crippen molar-refractivity contribution in [2.24, 2.45) is 5.92 Å². The highest BCUT2D eigenvalue weighted by Gasteiger charge is 2.35. The lowest BCUT2D eigenvalue weighted by Gasteiger charge is -2.29. The number of alkyl halides is 2. The van der Waals surface area contributed by atoms with E-state index < -0.39 is 5.92 Å². The zero-order valence-electron chi connectivity index (χ0n) is 9.86. The van der Waals surface area contributed by atoms with Crippen molar-refractivity contribution in [2.45, 2.75) is 31.6 Å². The summed E-state index contributed by atoms with van der Waals surface area (Å²) in [6.07, 6.45) is 1.55. The van der Waals surface area contributed by atoms with E-state index >= 15 is 0 Å². The minimum atomic E-state index is -2.48. The van der Waals surface area contributed by atoms with Crippen LogP contribution in [0.2, 0.25) is 0 Å². The van der Waals surface area contributed by atoms with E-state index in [1.165, 1.54) is 0 Å². The van der Waals surface area contributed by atoms with Crippen molar-refractivity contribution >= 4 is 37.5 Å². The minimum Gasteiger partial charge on any atom is -0.383 e. The number of halogens is 4. The van der Waals surface area contributed by atoms with E-state index in [-0.39, 0.29) is 18.8 Å². The maximum absolute atomic E-state index is 13.3. The highest BCUT2D eigenvalue weighted by atomic mass is 79.9. The molecular formula is C13H15Br2F2N. The van der Waals surface area contributed by atoms with Gasteiger partial charge in [-0.2, -0.15) is 0 Å².